The van der Waals surface area contributed by atoms with Crippen LogP contribution in [-0.2, 0) is 22.5 Å². The summed E-state index contributed by atoms with van der Waals surface area (Å²) in [5.41, 5.74) is 3.77. The molecule has 1 rings (SSSR count). The monoisotopic (exact) mass is 347 g/mol. The van der Waals surface area contributed by atoms with Crippen LogP contribution >= 0.6 is 0 Å². The summed E-state index contributed by atoms with van der Waals surface area (Å²) in [6, 6.07) is 4.19. The molecule has 0 saturated heterocycles. The number of hydrogen-bond donors (Lipinski definition) is 0. The first-order valence-electron chi connectivity index (χ1n) is 9.90. The molecule has 3 nitrogen and oxygen atoms in total. The van der Waals surface area contributed by atoms with Crippen LogP contribution in [0.25, 0.3) is 0 Å². The average molecular weight is 348 g/mol. The predicted molar refractivity (Wildman–Crippen MR) is 106 cm³/mol. The van der Waals surface area contributed by atoms with Gasteiger partial charge in [-0.2, -0.15) is 0 Å². The van der Waals surface area contributed by atoms with E-state index < -0.39 is 0 Å². The molecule has 0 N–H and O–H groups in total. The van der Waals surface area contributed by atoms with Crippen LogP contribution < -0.4 is 0 Å². The van der Waals surface area contributed by atoms with Gasteiger partial charge >= 0.3 is 0 Å². The predicted octanol–water partition coefficient (Wildman–Crippen LogP) is 5.87. The van der Waals surface area contributed by atoms with E-state index >= 15 is 0 Å². The summed E-state index contributed by atoms with van der Waals surface area (Å²) in [4.78, 5) is 4.43. The van der Waals surface area contributed by atoms with Gasteiger partial charge in [0.1, 0.15) is 0 Å². The molecule has 0 aliphatic rings. The highest BCUT2D eigenvalue weighted by Crippen LogP contribution is 2.24. The first-order valence-corrected chi connectivity index (χ1v) is 9.90. The van der Waals surface area contributed by atoms with E-state index in [9.17, 15) is 0 Å². The SMILES string of the molecule is CCOC(C)(CC)CCCC(=CCOCc1ccc(CC)cn1)CC. The van der Waals surface area contributed by atoms with Gasteiger partial charge in [-0.15, -0.1) is 0 Å². The summed E-state index contributed by atoms with van der Waals surface area (Å²) in [7, 11) is 0. The van der Waals surface area contributed by atoms with Gasteiger partial charge in [0.15, 0.2) is 0 Å². The molecule has 3 heteroatoms. The Morgan fingerprint density at radius 3 is 2.56 bits per heavy atom. The van der Waals surface area contributed by atoms with Crippen LogP contribution in [0.4, 0.5) is 0 Å². The van der Waals surface area contributed by atoms with Crippen molar-refractivity contribution < 1.29 is 9.47 Å². The normalized spacial score (nSPS) is 14.5. The zero-order chi connectivity index (χ0) is 18.5. The third kappa shape index (κ3) is 8.64. The van der Waals surface area contributed by atoms with Gasteiger partial charge in [-0.3, -0.25) is 4.98 Å². The molecule has 0 saturated carbocycles. The molecule has 0 spiro atoms. The highest BCUT2D eigenvalue weighted by Gasteiger charge is 2.21. The van der Waals surface area contributed by atoms with Crippen LogP contribution in [0.3, 0.4) is 0 Å². The number of hydrogen-bond acceptors (Lipinski definition) is 3. The second-order valence-electron chi connectivity index (χ2n) is 6.83. The molecule has 1 atom stereocenters. The number of ether oxygens (including phenoxy) is 2. The lowest BCUT2D eigenvalue weighted by Gasteiger charge is -2.28. The second-order valence-corrected chi connectivity index (χ2v) is 6.83. The maximum Gasteiger partial charge on any atom is 0.0892 e. The number of nitrogens with zero attached hydrogens (tertiary/aromatic N) is 1. The van der Waals surface area contributed by atoms with E-state index in [4.69, 9.17) is 9.47 Å². The topological polar surface area (TPSA) is 31.4 Å². The molecule has 25 heavy (non-hydrogen) atoms. The number of aromatic nitrogens is 1. The Labute approximate surface area is 154 Å². The van der Waals surface area contributed by atoms with Crippen molar-refractivity contribution in [2.75, 3.05) is 13.2 Å². The van der Waals surface area contributed by atoms with E-state index in [2.05, 4.69) is 57.8 Å². The molecule has 1 aromatic rings. The fourth-order valence-electron chi connectivity index (χ4n) is 2.90. The Balaban J connectivity index is 2.33. The number of aryl methyl sites for hydroxylation is 1. The summed E-state index contributed by atoms with van der Waals surface area (Å²) in [5, 5.41) is 0. The van der Waals surface area contributed by atoms with Gasteiger partial charge in [0.2, 0.25) is 0 Å². The molecular formula is C22H37NO2. The molecule has 0 aliphatic heterocycles. The maximum atomic E-state index is 5.91. The summed E-state index contributed by atoms with van der Waals surface area (Å²) in [6.07, 6.45) is 10.8. The molecule has 0 amide bonds. The Morgan fingerprint density at radius 1 is 1.20 bits per heavy atom. The lowest BCUT2D eigenvalue weighted by atomic mass is 9.93. The fourth-order valence-corrected chi connectivity index (χ4v) is 2.90. The van der Waals surface area contributed by atoms with Gasteiger partial charge in [0, 0.05) is 12.8 Å². The largest absolute Gasteiger partial charge is 0.376 e. The van der Waals surface area contributed by atoms with Gasteiger partial charge < -0.3 is 9.47 Å². The Bertz CT molecular complexity index is 495. The average Bonchev–Trinajstić information content (AvgIpc) is 2.64. The minimum atomic E-state index is 0.0282. The maximum absolute atomic E-state index is 5.91. The molecule has 0 aliphatic carbocycles. The van der Waals surface area contributed by atoms with Crippen LogP contribution in [-0.4, -0.2) is 23.8 Å². The Morgan fingerprint density at radius 2 is 2.00 bits per heavy atom. The highest BCUT2D eigenvalue weighted by molar-refractivity contribution is 5.13. The number of allylic oxidation sites excluding steroid dienone is 1. The van der Waals surface area contributed by atoms with Crippen molar-refractivity contribution in [2.24, 2.45) is 0 Å². The van der Waals surface area contributed by atoms with Crippen molar-refractivity contribution >= 4 is 0 Å². The van der Waals surface area contributed by atoms with Crippen molar-refractivity contribution in [3.8, 4) is 0 Å². The minimum Gasteiger partial charge on any atom is -0.376 e. The standard InChI is InChI=1S/C22H37NO2/c1-6-19(11-10-15-22(5,8-3)25-9-4)14-16-24-18-21-13-12-20(7-2)17-23-21/h12-14,17H,6-11,15-16,18H2,1-5H3. The van der Waals surface area contributed by atoms with E-state index in [-0.39, 0.29) is 5.60 Å². The first-order chi connectivity index (χ1) is 12.1. The molecule has 0 bridgehead atoms. The van der Waals surface area contributed by atoms with Crippen molar-refractivity contribution in [3.05, 3.63) is 41.2 Å². The summed E-state index contributed by atoms with van der Waals surface area (Å²) in [5.74, 6) is 0. The summed E-state index contributed by atoms with van der Waals surface area (Å²) >= 11 is 0. The second kappa shape index (κ2) is 12.2. The van der Waals surface area contributed by atoms with Crippen molar-refractivity contribution in [3.63, 3.8) is 0 Å². The van der Waals surface area contributed by atoms with Gasteiger partial charge in [0.05, 0.1) is 24.5 Å². The third-order valence-electron chi connectivity index (χ3n) is 4.93. The molecule has 0 aromatic carbocycles. The van der Waals surface area contributed by atoms with Crippen LogP contribution in [0.1, 0.15) is 78.0 Å². The Hall–Kier alpha value is -1.19. The number of pyridine rings is 1. The smallest absolute Gasteiger partial charge is 0.0892 e. The lowest BCUT2D eigenvalue weighted by molar-refractivity contribution is -0.0348. The summed E-state index contributed by atoms with van der Waals surface area (Å²) in [6.45, 7) is 12.9. The van der Waals surface area contributed by atoms with Gasteiger partial charge in [-0.05, 0) is 64.0 Å². The molecule has 0 fully saturated rings. The van der Waals surface area contributed by atoms with Gasteiger partial charge in [0.25, 0.3) is 0 Å². The molecule has 1 heterocycles. The molecule has 1 aromatic heterocycles. The van der Waals surface area contributed by atoms with E-state index in [0.717, 1.165) is 44.4 Å². The fraction of sp³-hybridized carbons (Fsp3) is 0.682. The van der Waals surface area contributed by atoms with Crippen LogP contribution in [0.5, 0.6) is 0 Å². The molecule has 1 unspecified atom stereocenters. The highest BCUT2D eigenvalue weighted by atomic mass is 16.5. The van der Waals surface area contributed by atoms with Crippen LogP contribution in [0.15, 0.2) is 30.0 Å². The van der Waals surface area contributed by atoms with Crippen molar-refractivity contribution in [1.29, 1.82) is 0 Å². The zero-order valence-corrected chi connectivity index (χ0v) is 16.9. The van der Waals surface area contributed by atoms with Gasteiger partial charge in [-0.25, -0.2) is 0 Å². The van der Waals surface area contributed by atoms with E-state index in [1.807, 2.05) is 6.20 Å². The van der Waals surface area contributed by atoms with Crippen LogP contribution in [0.2, 0.25) is 0 Å². The molecule has 142 valence electrons. The summed E-state index contributed by atoms with van der Waals surface area (Å²) < 4.78 is 11.7. The minimum absolute atomic E-state index is 0.0282. The zero-order valence-electron chi connectivity index (χ0n) is 16.9. The first kappa shape index (κ1) is 21.9. The van der Waals surface area contributed by atoms with E-state index in [1.54, 1.807) is 0 Å². The Kier molecular flexibility index (Phi) is 10.7. The van der Waals surface area contributed by atoms with Crippen LogP contribution in [0, 0.1) is 0 Å². The van der Waals surface area contributed by atoms with E-state index in [1.165, 1.54) is 17.6 Å². The molecule has 0 radical (unpaired) electrons. The number of rotatable bonds is 13. The third-order valence-corrected chi connectivity index (χ3v) is 4.93. The lowest BCUT2D eigenvalue weighted by Crippen LogP contribution is -2.27. The van der Waals surface area contributed by atoms with Gasteiger partial charge in [-0.1, -0.05) is 38.5 Å². The van der Waals surface area contributed by atoms with Crippen molar-refractivity contribution in [1.82, 2.24) is 4.98 Å². The quantitative estimate of drug-likeness (QED) is 0.330. The van der Waals surface area contributed by atoms with Crippen molar-refractivity contribution in [2.45, 2.75) is 85.4 Å². The van der Waals surface area contributed by atoms with E-state index in [0.29, 0.717) is 13.2 Å². The molecular weight excluding hydrogens is 310 g/mol.